The molecule has 0 aliphatic carbocycles. The molecule has 462 valence electrons. The molecule has 5 N–H and O–H groups in total. The van der Waals surface area contributed by atoms with E-state index in [9.17, 15) is 25.2 Å². The van der Waals surface area contributed by atoms with Crippen LogP contribution in [0.1, 0.15) is 386 Å². The highest BCUT2D eigenvalue weighted by Gasteiger charge is 2.28. The first kappa shape index (κ1) is 76.5. The predicted molar refractivity (Wildman–Crippen MR) is 344 cm³/mol. The maximum Gasteiger partial charge on any atom is 0.249 e. The fourth-order valence-electron chi connectivity index (χ4n) is 11.3. The Labute approximate surface area is 487 Å². The lowest BCUT2D eigenvalue weighted by atomic mass is 10.00. The van der Waals surface area contributed by atoms with Crippen molar-refractivity contribution >= 4 is 5.91 Å². The van der Waals surface area contributed by atoms with Crippen molar-refractivity contribution in [2.45, 2.75) is 411 Å². The summed E-state index contributed by atoms with van der Waals surface area (Å²) in [4.78, 5) is 12.7. The van der Waals surface area contributed by atoms with E-state index in [0.717, 1.165) is 38.5 Å². The smallest absolute Gasteiger partial charge is 0.249 e. The summed E-state index contributed by atoms with van der Waals surface area (Å²) in [5.41, 5.74) is 0. The van der Waals surface area contributed by atoms with Gasteiger partial charge in [-0.05, 0) is 77.0 Å². The topological polar surface area (TPSA) is 110 Å². The largest absolute Gasteiger partial charge is 0.394 e. The van der Waals surface area contributed by atoms with E-state index in [4.69, 9.17) is 0 Å². The second-order valence-electron chi connectivity index (χ2n) is 24.6. The van der Waals surface area contributed by atoms with E-state index >= 15 is 0 Å². The highest BCUT2D eigenvalue weighted by Crippen LogP contribution is 2.19. The van der Waals surface area contributed by atoms with Crippen LogP contribution in [0.15, 0.2) is 36.5 Å². The van der Waals surface area contributed by atoms with Gasteiger partial charge in [0.2, 0.25) is 5.91 Å². The van der Waals surface area contributed by atoms with E-state index in [1.165, 1.54) is 315 Å². The van der Waals surface area contributed by atoms with Crippen LogP contribution in [-0.4, -0.2) is 57.3 Å². The maximum atomic E-state index is 12.7. The Morgan fingerprint density at radius 1 is 0.308 bits per heavy atom. The van der Waals surface area contributed by atoms with Gasteiger partial charge in [0.15, 0.2) is 0 Å². The molecule has 78 heavy (non-hydrogen) atoms. The van der Waals surface area contributed by atoms with E-state index in [-0.39, 0.29) is 0 Å². The summed E-state index contributed by atoms with van der Waals surface area (Å²) < 4.78 is 0. The van der Waals surface area contributed by atoms with Gasteiger partial charge in [-0.1, -0.05) is 346 Å². The summed E-state index contributed by atoms with van der Waals surface area (Å²) in [5, 5.41) is 44.2. The summed E-state index contributed by atoms with van der Waals surface area (Å²) in [6, 6.07) is -1.01. The van der Waals surface area contributed by atoms with E-state index in [1.54, 1.807) is 0 Å². The molecule has 0 aromatic heterocycles. The summed E-state index contributed by atoms with van der Waals surface area (Å²) in [6.45, 7) is 4.09. The van der Waals surface area contributed by atoms with Crippen LogP contribution in [0.5, 0.6) is 0 Å². The van der Waals surface area contributed by atoms with Gasteiger partial charge in [-0.25, -0.2) is 0 Å². The number of carbonyl (C=O) groups excluding carboxylic acids is 1. The summed E-state index contributed by atoms with van der Waals surface area (Å²) >= 11 is 0. The van der Waals surface area contributed by atoms with E-state index in [1.807, 2.05) is 0 Å². The van der Waals surface area contributed by atoms with Gasteiger partial charge in [-0.2, -0.15) is 0 Å². The van der Waals surface area contributed by atoms with E-state index < -0.39 is 36.9 Å². The van der Waals surface area contributed by atoms with Gasteiger partial charge >= 0.3 is 0 Å². The number of hydrogen-bond donors (Lipinski definition) is 5. The highest BCUT2D eigenvalue weighted by molar-refractivity contribution is 5.80. The Kier molecular flexibility index (Phi) is 65.1. The molecule has 0 aromatic rings. The molecule has 6 heteroatoms. The SMILES string of the molecule is CCCCCCCCCCCCCCCC/C=C\CCCCCCCCCCCCCCCCCCC(O)C(=O)NC(CO)C(O)C(O)CCC/C=C/CC/C=C/CCCCCCCCCCCCCCCCCCCCC. The van der Waals surface area contributed by atoms with Crippen LogP contribution in [0, 0.1) is 0 Å². The molecule has 6 nitrogen and oxygen atoms in total. The first-order chi connectivity index (χ1) is 38.5. The summed E-state index contributed by atoms with van der Waals surface area (Å²) in [5.74, 6) is -0.591. The van der Waals surface area contributed by atoms with Crippen LogP contribution in [0.3, 0.4) is 0 Å². The van der Waals surface area contributed by atoms with Crippen molar-refractivity contribution in [2.24, 2.45) is 0 Å². The van der Waals surface area contributed by atoms with Crippen molar-refractivity contribution in [3.05, 3.63) is 36.5 Å². The Bertz CT molecular complexity index is 1230. The van der Waals surface area contributed by atoms with Crippen molar-refractivity contribution in [3.63, 3.8) is 0 Å². The Hall–Kier alpha value is -1.47. The van der Waals surface area contributed by atoms with Gasteiger partial charge < -0.3 is 25.7 Å². The average molecular weight is 1100 g/mol. The zero-order valence-electron chi connectivity index (χ0n) is 52.7. The Balaban J connectivity index is 3.58. The van der Waals surface area contributed by atoms with Crippen LogP contribution in [0.25, 0.3) is 0 Å². The third-order valence-electron chi connectivity index (χ3n) is 16.8. The molecule has 0 saturated heterocycles. The van der Waals surface area contributed by atoms with Gasteiger partial charge in [-0.3, -0.25) is 4.79 Å². The fourth-order valence-corrected chi connectivity index (χ4v) is 11.3. The number of nitrogens with one attached hydrogen (secondary N) is 1. The summed E-state index contributed by atoms with van der Waals surface area (Å²) in [6.07, 6.45) is 85.7. The minimum absolute atomic E-state index is 0.362. The number of rotatable bonds is 66. The normalized spacial score (nSPS) is 13.7. The number of carbonyl (C=O) groups is 1. The lowest BCUT2D eigenvalue weighted by molar-refractivity contribution is -0.132. The van der Waals surface area contributed by atoms with Crippen molar-refractivity contribution in [3.8, 4) is 0 Å². The van der Waals surface area contributed by atoms with Crippen LogP contribution < -0.4 is 5.32 Å². The molecule has 0 rings (SSSR count). The van der Waals surface area contributed by atoms with Crippen molar-refractivity contribution in [1.29, 1.82) is 0 Å². The monoisotopic (exact) mass is 1100 g/mol. The molecule has 0 fully saturated rings. The third-order valence-corrected chi connectivity index (χ3v) is 16.8. The molecular formula is C72H139NO5. The van der Waals surface area contributed by atoms with Crippen LogP contribution in [-0.2, 0) is 4.79 Å². The van der Waals surface area contributed by atoms with Gasteiger partial charge in [0, 0.05) is 0 Å². The lowest BCUT2D eigenvalue weighted by Gasteiger charge is -2.27. The number of allylic oxidation sites excluding steroid dienone is 6. The van der Waals surface area contributed by atoms with Gasteiger partial charge in [0.25, 0.3) is 0 Å². The standard InChI is InChI=1S/C72H139NO5/c1-3-5-7-9-11-13-15-17-19-21-23-25-27-29-31-33-34-35-36-37-38-40-42-44-46-48-50-52-54-56-58-60-62-64-66-70(76)72(78)73-68(67-74)71(77)69(75)65-63-61-59-57-55-53-51-49-47-45-43-41-39-32-30-28-26-24-22-20-18-16-14-12-10-8-6-4-2/h33-34,49,51,57,59,68-71,74-77H,3-32,35-48,50,52-56,58,60-67H2,1-2H3,(H,73,78)/b34-33-,51-49+,59-57+. The fraction of sp³-hybridized carbons (Fsp3) is 0.903. The lowest BCUT2D eigenvalue weighted by Crippen LogP contribution is -2.53. The van der Waals surface area contributed by atoms with Crippen LogP contribution in [0.2, 0.25) is 0 Å². The number of aliphatic hydroxyl groups excluding tert-OH is 4. The summed E-state index contributed by atoms with van der Waals surface area (Å²) in [7, 11) is 0. The molecular weight excluding hydrogens is 959 g/mol. The molecule has 0 heterocycles. The first-order valence-corrected chi connectivity index (χ1v) is 35.4. The number of unbranched alkanes of at least 4 members (excludes halogenated alkanes) is 51. The number of amides is 1. The average Bonchev–Trinajstić information content (AvgIpc) is 3.45. The molecule has 0 aliphatic heterocycles. The molecule has 0 saturated carbocycles. The van der Waals surface area contributed by atoms with Crippen LogP contribution in [0.4, 0.5) is 0 Å². The molecule has 1 amide bonds. The number of hydrogen-bond acceptors (Lipinski definition) is 5. The minimum atomic E-state index is -1.29. The molecule has 4 atom stereocenters. The zero-order valence-corrected chi connectivity index (χ0v) is 52.7. The Morgan fingerprint density at radius 3 is 0.808 bits per heavy atom. The molecule has 0 radical (unpaired) electrons. The van der Waals surface area contributed by atoms with Crippen molar-refractivity contribution in [2.75, 3.05) is 6.61 Å². The maximum absolute atomic E-state index is 12.7. The van der Waals surface area contributed by atoms with Crippen LogP contribution >= 0.6 is 0 Å². The molecule has 0 bridgehead atoms. The van der Waals surface area contributed by atoms with Gasteiger partial charge in [-0.15, -0.1) is 0 Å². The second kappa shape index (κ2) is 66.3. The minimum Gasteiger partial charge on any atom is -0.394 e. The first-order valence-electron chi connectivity index (χ1n) is 35.4. The van der Waals surface area contributed by atoms with Gasteiger partial charge in [0.1, 0.15) is 12.2 Å². The van der Waals surface area contributed by atoms with E-state index in [2.05, 4.69) is 55.6 Å². The molecule has 0 aliphatic rings. The highest BCUT2D eigenvalue weighted by atomic mass is 16.3. The Morgan fingerprint density at radius 2 is 0.538 bits per heavy atom. The quantitative estimate of drug-likeness (QED) is 0.0308. The van der Waals surface area contributed by atoms with Gasteiger partial charge in [0.05, 0.1) is 18.8 Å². The zero-order chi connectivity index (χ0) is 56.6. The molecule has 4 unspecified atom stereocenters. The second-order valence-corrected chi connectivity index (χ2v) is 24.6. The molecule has 0 aromatic carbocycles. The third kappa shape index (κ3) is 59.2. The number of aliphatic hydroxyl groups is 4. The van der Waals surface area contributed by atoms with E-state index in [0.29, 0.717) is 19.3 Å². The molecule has 0 spiro atoms. The predicted octanol–water partition coefficient (Wildman–Crippen LogP) is 21.9. The van der Waals surface area contributed by atoms with Crippen molar-refractivity contribution < 1.29 is 25.2 Å². The van der Waals surface area contributed by atoms with Crippen molar-refractivity contribution in [1.82, 2.24) is 5.32 Å².